The minimum atomic E-state index is -3.51. The number of fused-ring (bicyclic) bond motifs is 1. The maximum Gasteiger partial charge on any atom is 0.339 e. The maximum absolute atomic E-state index is 12.8. The zero-order valence-corrected chi connectivity index (χ0v) is 16.0. The van der Waals surface area contributed by atoms with Crippen LogP contribution in [-0.4, -0.2) is 61.8 Å². The van der Waals surface area contributed by atoms with Gasteiger partial charge in [0.1, 0.15) is 4.21 Å². The quantitative estimate of drug-likeness (QED) is 0.719. The van der Waals surface area contributed by atoms with Crippen LogP contribution in [0, 0.1) is 0 Å². The SMILES string of the molecule is O=C1O[C@H](C(=O)N2CCN(S(=O)(=O)c3cccs3)CC2)Cc2ccccc21. The molecule has 4 rings (SSSR count). The molecule has 1 atom stereocenters. The first kappa shape index (κ1) is 18.1. The van der Waals surface area contributed by atoms with Crippen molar-refractivity contribution in [3.05, 3.63) is 52.9 Å². The van der Waals surface area contributed by atoms with Gasteiger partial charge in [-0.15, -0.1) is 11.3 Å². The van der Waals surface area contributed by atoms with Gasteiger partial charge < -0.3 is 9.64 Å². The van der Waals surface area contributed by atoms with Crippen LogP contribution in [-0.2, 0) is 26.0 Å². The van der Waals surface area contributed by atoms with Crippen molar-refractivity contribution in [3.63, 3.8) is 0 Å². The zero-order valence-electron chi connectivity index (χ0n) is 14.4. The van der Waals surface area contributed by atoms with Gasteiger partial charge in [0.15, 0.2) is 6.10 Å². The molecule has 142 valence electrons. The van der Waals surface area contributed by atoms with Crippen LogP contribution in [0.3, 0.4) is 0 Å². The molecule has 1 fully saturated rings. The van der Waals surface area contributed by atoms with Gasteiger partial charge in [-0.1, -0.05) is 24.3 Å². The number of hydrogen-bond donors (Lipinski definition) is 0. The molecule has 7 nitrogen and oxygen atoms in total. The van der Waals surface area contributed by atoms with E-state index in [0.29, 0.717) is 16.2 Å². The van der Waals surface area contributed by atoms with Crippen LogP contribution < -0.4 is 0 Å². The highest BCUT2D eigenvalue weighted by Crippen LogP contribution is 2.24. The Bertz CT molecular complexity index is 963. The molecular formula is C18H18N2O5S2. The van der Waals surface area contributed by atoms with Gasteiger partial charge in [0.05, 0.1) is 5.56 Å². The molecule has 0 bridgehead atoms. The fraction of sp³-hybridized carbons (Fsp3) is 0.333. The average molecular weight is 406 g/mol. The Hall–Kier alpha value is -2.23. The van der Waals surface area contributed by atoms with E-state index in [2.05, 4.69) is 0 Å². The molecule has 1 saturated heterocycles. The summed E-state index contributed by atoms with van der Waals surface area (Å²) >= 11 is 1.18. The summed E-state index contributed by atoms with van der Waals surface area (Å²) in [7, 11) is -3.51. The highest BCUT2D eigenvalue weighted by atomic mass is 32.2. The monoisotopic (exact) mass is 406 g/mol. The Morgan fingerprint density at radius 2 is 1.81 bits per heavy atom. The van der Waals surface area contributed by atoms with Crippen molar-refractivity contribution in [2.45, 2.75) is 16.7 Å². The van der Waals surface area contributed by atoms with Crippen molar-refractivity contribution < 1.29 is 22.7 Å². The summed E-state index contributed by atoms with van der Waals surface area (Å²) in [6.45, 7) is 1.00. The summed E-state index contributed by atoms with van der Waals surface area (Å²) in [6, 6.07) is 10.4. The predicted octanol–water partition coefficient (Wildman–Crippen LogP) is 1.36. The Balaban J connectivity index is 1.42. The Kier molecular flexibility index (Phi) is 4.75. The molecule has 2 aliphatic rings. The molecule has 0 aliphatic carbocycles. The molecule has 9 heteroatoms. The van der Waals surface area contributed by atoms with Crippen LogP contribution >= 0.6 is 11.3 Å². The molecule has 1 aromatic heterocycles. The molecule has 0 radical (unpaired) electrons. The Morgan fingerprint density at radius 1 is 1.07 bits per heavy atom. The topological polar surface area (TPSA) is 84.0 Å². The predicted molar refractivity (Wildman–Crippen MR) is 99.0 cm³/mol. The Morgan fingerprint density at radius 3 is 2.52 bits per heavy atom. The molecule has 27 heavy (non-hydrogen) atoms. The molecule has 0 unspecified atom stereocenters. The van der Waals surface area contributed by atoms with E-state index in [-0.39, 0.29) is 32.1 Å². The molecule has 1 aromatic carbocycles. The summed E-state index contributed by atoms with van der Waals surface area (Å²) < 4.78 is 32.2. The summed E-state index contributed by atoms with van der Waals surface area (Å²) in [5.74, 6) is -0.764. The van der Waals surface area contributed by atoms with E-state index >= 15 is 0 Å². The van der Waals surface area contributed by atoms with E-state index in [4.69, 9.17) is 4.74 Å². The van der Waals surface area contributed by atoms with E-state index in [0.717, 1.165) is 5.56 Å². The molecule has 3 heterocycles. The van der Waals surface area contributed by atoms with Crippen molar-refractivity contribution in [3.8, 4) is 0 Å². The number of esters is 1. The molecule has 1 amide bonds. The number of hydrogen-bond acceptors (Lipinski definition) is 6. The fourth-order valence-electron chi connectivity index (χ4n) is 3.36. The minimum absolute atomic E-state index is 0.225. The van der Waals surface area contributed by atoms with E-state index in [1.165, 1.54) is 15.6 Å². The third-order valence-corrected chi connectivity index (χ3v) is 8.08. The van der Waals surface area contributed by atoms with Gasteiger partial charge in [-0.05, 0) is 23.1 Å². The number of rotatable bonds is 3. The zero-order chi connectivity index (χ0) is 19.0. The Labute approximate surface area is 161 Å². The van der Waals surface area contributed by atoms with Crippen molar-refractivity contribution in [1.29, 1.82) is 0 Å². The summed E-state index contributed by atoms with van der Waals surface area (Å²) in [4.78, 5) is 26.5. The number of carbonyl (C=O) groups is 2. The molecule has 2 aromatic rings. The lowest BCUT2D eigenvalue weighted by molar-refractivity contribution is -0.142. The van der Waals surface area contributed by atoms with Crippen LogP contribution in [0.4, 0.5) is 0 Å². The molecule has 2 aliphatic heterocycles. The summed E-state index contributed by atoms with van der Waals surface area (Å²) in [6.07, 6.45) is -0.512. The molecule has 0 saturated carbocycles. The van der Waals surface area contributed by atoms with Gasteiger partial charge in [0, 0.05) is 32.6 Å². The number of ether oxygens (including phenoxy) is 1. The van der Waals surface area contributed by atoms with Crippen molar-refractivity contribution in [2.75, 3.05) is 26.2 Å². The van der Waals surface area contributed by atoms with Crippen LogP contribution in [0.15, 0.2) is 46.0 Å². The van der Waals surface area contributed by atoms with E-state index < -0.39 is 22.1 Å². The van der Waals surface area contributed by atoms with Crippen LogP contribution in [0.25, 0.3) is 0 Å². The average Bonchev–Trinajstić information content (AvgIpc) is 3.23. The highest BCUT2D eigenvalue weighted by molar-refractivity contribution is 7.91. The van der Waals surface area contributed by atoms with Gasteiger partial charge in [-0.25, -0.2) is 13.2 Å². The summed E-state index contributed by atoms with van der Waals surface area (Å²) in [5.41, 5.74) is 1.29. The summed E-state index contributed by atoms with van der Waals surface area (Å²) in [5, 5.41) is 1.72. The lowest BCUT2D eigenvalue weighted by atomic mass is 9.98. The van der Waals surface area contributed by atoms with E-state index in [9.17, 15) is 18.0 Å². The third kappa shape index (κ3) is 3.38. The van der Waals surface area contributed by atoms with Gasteiger partial charge in [0.2, 0.25) is 0 Å². The lowest BCUT2D eigenvalue weighted by Crippen LogP contribution is -2.54. The third-order valence-electron chi connectivity index (χ3n) is 4.81. The first-order chi connectivity index (χ1) is 13.0. The maximum atomic E-state index is 12.8. The van der Waals surface area contributed by atoms with Gasteiger partial charge in [0.25, 0.3) is 15.9 Å². The number of nitrogens with zero attached hydrogens (tertiary/aromatic N) is 2. The number of carbonyl (C=O) groups excluding carboxylic acids is 2. The molecule has 0 N–H and O–H groups in total. The number of cyclic esters (lactones) is 1. The van der Waals surface area contributed by atoms with Crippen LogP contribution in [0.2, 0.25) is 0 Å². The fourth-order valence-corrected chi connectivity index (χ4v) is 5.93. The first-order valence-corrected chi connectivity index (χ1v) is 10.9. The second kappa shape index (κ2) is 7.06. The van der Waals surface area contributed by atoms with Crippen molar-refractivity contribution in [1.82, 2.24) is 9.21 Å². The smallest absolute Gasteiger partial charge is 0.339 e. The van der Waals surface area contributed by atoms with E-state index in [1.54, 1.807) is 34.5 Å². The van der Waals surface area contributed by atoms with Crippen LogP contribution in [0.1, 0.15) is 15.9 Å². The first-order valence-electron chi connectivity index (χ1n) is 8.58. The molecular weight excluding hydrogens is 388 g/mol. The lowest BCUT2D eigenvalue weighted by Gasteiger charge is -2.36. The van der Waals surface area contributed by atoms with Crippen molar-refractivity contribution >= 4 is 33.2 Å². The number of thiophene rings is 1. The normalized spacial score (nSPS) is 20.8. The van der Waals surface area contributed by atoms with E-state index in [1.807, 2.05) is 12.1 Å². The van der Waals surface area contributed by atoms with Gasteiger partial charge in [-0.3, -0.25) is 4.79 Å². The van der Waals surface area contributed by atoms with Crippen molar-refractivity contribution in [2.24, 2.45) is 0 Å². The number of benzene rings is 1. The van der Waals surface area contributed by atoms with Gasteiger partial charge in [-0.2, -0.15) is 4.31 Å². The van der Waals surface area contributed by atoms with Gasteiger partial charge >= 0.3 is 5.97 Å². The number of amides is 1. The molecule has 0 spiro atoms. The minimum Gasteiger partial charge on any atom is -0.448 e. The number of piperazine rings is 1. The largest absolute Gasteiger partial charge is 0.448 e. The second-order valence-corrected chi connectivity index (χ2v) is 9.53. The second-order valence-electron chi connectivity index (χ2n) is 6.42. The standard InChI is InChI=1S/C18H18N2O5S2/c21-17(15-12-13-4-1-2-5-14(13)18(22)25-15)19-7-9-20(10-8-19)27(23,24)16-6-3-11-26-16/h1-6,11,15H,7-10,12H2/t15-/m0/s1. The van der Waals surface area contributed by atoms with Crippen LogP contribution in [0.5, 0.6) is 0 Å². The number of sulfonamides is 1. The highest BCUT2D eigenvalue weighted by Gasteiger charge is 2.36.